The Kier molecular flexibility index (Phi) is 6.95. The molecule has 10 heteroatoms. The molecule has 0 fully saturated rings. The molecule has 2 amide bonds. The number of hydrogen-bond donors (Lipinski definition) is 2. The van der Waals surface area contributed by atoms with Crippen molar-refractivity contribution in [3.63, 3.8) is 0 Å². The SMILES string of the molecule is O=C(COC(=O)CCNC(=O)c1ccc(F)cc1F)Nc1ccc2c(c1)C(=O)c1ccccc1C2=O. The van der Waals surface area contributed by atoms with E-state index in [1.165, 1.54) is 18.2 Å². The quantitative estimate of drug-likeness (QED) is 0.383. The highest BCUT2D eigenvalue weighted by molar-refractivity contribution is 6.28. The first-order valence-electron chi connectivity index (χ1n) is 10.8. The number of benzene rings is 3. The van der Waals surface area contributed by atoms with Crippen molar-refractivity contribution in [2.75, 3.05) is 18.5 Å². The topological polar surface area (TPSA) is 119 Å². The van der Waals surface area contributed by atoms with Crippen LogP contribution < -0.4 is 10.6 Å². The zero-order valence-corrected chi connectivity index (χ0v) is 18.6. The lowest BCUT2D eigenvalue weighted by atomic mass is 9.84. The molecule has 2 N–H and O–H groups in total. The van der Waals surface area contributed by atoms with Crippen molar-refractivity contribution in [2.24, 2.45) is 0 Å². The number of amides is 2. The van der Waals surface area contributed by atoms with E-state index >= 15 is 0 Å². The van der Waals surface area contributed by atoms with E-state index in [1.807, 2.05) is 0 Å². The minimum absolute atomic E-state index is 0.154. The maximum Gasteiger partial charge on any atom is 0.308 e. The monoisotopic (exact) mass is 492 g/mol. The lowest BCUT2D eigenvalue weighted by Crippen LogP contribution is -2.28. The van der Waals surface area contributed by atoms with Gasteiger partial charge >= 0.3 is 5.97 Å². The summed E-state index contributed by atoms with van der Waals surface area (Å²) in [4.78, 5) is 61.4. The third-order valence-corrected chi connectivity index (χ3v) is 5.36. The molecule has 3 aromatic carbocycles. The Balaban J connectivity index is 1.27. The van der Waals surface area contributed by atoms with E-state index in [0.717, 1.165) is 12.1 Å². The number of anilines is 1. The number of rotatable bonds is 7. The number of esters is 1. The molecule has 0 aromatic heterocycles. The van der Waals surface area contributed by atoms with Crippen molar-refractivity contribution >= 4 is 35.0 Å². The summed E-state index contributed by atoms with van der Waals surface area (Å²) in [5, 5.41) is 4.79. The van der Waals surface area contributed by atoms with Gasteiger partial charge in [-0.1, -0.05) is 24.3 Å². The number of nitrogens with one attached hydrogen (secondary N) is 2. The van der Waals surface area contributed by atoms with Crippen molar-refractivity contribution in [3.8, 4) is 0 Å². The largest absolute Gasteiger partial charge is 0.456 e. The molecule has 0 bridgehead atoms. The summed E-state index contributed by atoms with van der Waals surface area (Å²) in [7, 11) is 0. The van der Waals surface area contributed by atoms with Crippen molar-refractivity contribution in [1.29, 1.82) is 0 Å². The van der Waals surface area contributed by atoms with E-state index < -0.39 is 36.0 Å². The lowest BCUT2D eigenvalue weighted by Gasteiger charge is -2.18. The van der Waals surface area contributed by atoms with Crippen LogP contribution in [0.3, 0.4) is 0 Å². The number of halogens is 2. The molecule has 3 aromatic rings. The van der Waals surface area contributed by atoms with Gasteiger partial charge < -0.3 is 15.4 Å². The molecule has 1 aliphatic rings. The molecular weight excluding hydrogens is 474 g/mol. The van der Waals surface area contributed by atoms with Gasteiger partial charge in [-0.3, -0.25) is 24.0 Å². The summed E-state index contributed by atoms with van der Waals surface area (Å²) in [5.41, 5.74) is 0.841. The second-order valence-electron chi connectivity index (χ2n) is 7.80. The zero-order chi connectivity index (χ0) is 25.8. The first kappa shape index (κ1) is 24.4. The van der Waals surface area contributed by atoms with Gasteiger partial charge in [-0.25, -0.2) is 8.78 Å². The van der Waals surface area contributed by atoms with Crippen LogP contribution >= 0.6 is 0 Å². The molecule has 0 spiro atoms. The Morgan fingerprint density at radius 3 is 2.17 bits per heavy atom. The van der Waals surface area contributed by atoms with E-state index in [-0.39, 0.29) is 52.5 Å². The van der Waals surface area contributed by atoms with Crippen LogP contribution in [-0.4, -0.2) is 42.5 Å². The molecule has 0 heterocycles. The van der Waals surface area contributed by atoms with E-state index in [9.17, 15) is 32.8 Å². The predicted octanol–water partition coefficient (Wildman–Crippen LogP) is 3.04. The molecule has 0 radical (unpaired) electrons. The molecule has 0 unspecified atom stereocenters. The molecule has 4 rings (SSSR count). The lowest BCUT2D eigenvalue weighted by molar-refractivity contribution is -0.147. The minimum atomic E-state index is -1.04. The van der Waals surface area contributed by atoms with Crippen LogP contribution in [0, 0.1) is 11.6 Å². The average molecular weight is 492 g/mol. The normalized spacial score (nSPS) is 11.8. The van der Waals surface area contributed by atoms with Gasteiger partial charge in [-0.15, -0.1) is 0 Å². The number of hydrogen-bond acceptors (Lipinski definition) is 6. The number of carbonyl (C=O) groups is 5. The van der Waals surface area contributed by atoms with Gasteiger partial charge in [0, 0.05) is 40.6 Å². The molecule has 0 saturated heterocycles. The maximum atomic E-state index is 13.6. The molecular formula is C26H18F2N2O6. The van der Waals surface area contributed by atoms with Crippen molar-refractivity contribution < 1.29 is 37.5 Å². The van der Waals surface area contributed by atoms with Gasteiger partial charge in [0.2, 0.25) is 0 Å². The van der Waals surface area contributed by atoms with Gasteiger partial charge in [-0.2, -0.15) is 0 Å². The summed E-state index contributed by atoms with van der Waals surface area (Å²) in [5.74, 6) is -4.81. The highest BCUT2D eigenvalue weighted by atomic mass is 19.1. The summed E-state index contributed by atoms with van der Waals surface area (Å²) in [6, 6.07) is 13.2. The average Bonchev–Trinajstić information content (AvgIpc) is 2.86. The van der Waals surface area contributed by atoms with E-state index in [4.69, 9.17) is 4.74 Å². The Bertz CT molecular complexity index is 1420. The molecule has 36 heavy (non-hydrogen) atoms. The smallest absolute Gasteiger partial charge is 0.308 e. The predicted molar refractivity (Wildman–Crippen MR) is 123 cm³/mol. The Hall–Kier alpha value is -4.73. The second kappa shape index (κ2) is 10.3. The van der Waals surface area contributed by atoms with Crippen molar-refractivity contribution in [1.82, 2.24) is 5.32 Å². The summed E-state index contributed by atoms with van der Waals surface area (Å²) in [6.45, 7) is -0.829. The van der Waals surface area contributed by atoms with E-state index in [2.05, 4.69) is 10.6 Å². The molecule has 8 nitrogen and oxygen atoms in total. The minimum Gasteiger partial charge on any atom is -0.456 e. The fraction of sp³-hybridized carbons (Fsp3) is 0.115. The molecule has 1 aliphatic carbocycles. The fourth-order valence-electron chi connectivity index (χ4n) is 3.64. The molecule has 0 aliphatic heterocycles. The number of ketones is 2. The van der Waals surface area contributed by atoms with Gasteiger partial charge in [0.1, 0.15) is 11.6 Å². The second-order valence-corrected chi connectivity index (χ2v) is 7.80. The van der Waals surface area contributed by atoms with Gasteiger partial charge in [0.05, 0.1) is 12.0 Å². The highest BCUT2D eigenvalue weighted by Crippen LogP contribution is 2.29. The van der Waals surface area contributed by atoms with Gasteiger partial charge in [-0.05, 0) is 30.3 Å². The van der Waals surface area contributed by atoms with E-state index in [1.54, 1.807) is 24.3 Å². The summed E-state index contributed by atoms with van der Waals surface area (Å²) >= 11 is 0. The van der Waals surface area contributed by atoms with Crippen LogP contribution in [0.1, 0.15) is 48.6 Å². The summed E-state index contributed by atoms with van der Waals surface area (Å²) < 4.78 is 31.4. The Morgan fingerprint density at radius 2 is 1.47 bits per heavy atom. The molecule has 182 valence electrons. The number of fused-ring (bicyclic) bond motifs is 2. The number of carbonyl (C=O) groups excluding carboxylic acids is 5. The van der Waals surface area contributed by atoms with Gasteiger partial charge in [0.25, 0.3) is 11.8 Å². The van der Waals surface area contributed by atoms with Crippen molar-refractivity contribution in [2.45, 2.75) is 6.42 Å². The molecule has 0 atom stereocenters. The van der Waals surface area contributed by atoms with Gasteiger partial charge in [0.15, 0.2) is 18.2 Å². The summed E-state index contributed by atoms with van der Waals surface area (Å²) in [6.07, 6.45) is -0.295. The Morgan fingerprint density at radius 1 is 0.806 bits per heavy atom. The highest BCUT2D eigenvalue weighted by Gasteiger charge is 2.29. The first-order chi connectivity index (χ1) is 17.2. The van der Waals surface area contributed by atoms with E-state index in [0.29, 0.717) is 11.6 Å². The van der Waals surface area contributed by atoms with Crippen LogP contribution in [0.5, 0.6) is 0 Å². The van der Waals surface area contributed by atoms with Crippen LogP contribution in [0.15, 0.2) is 60.7 Å². The zero-order valence-electron chi connectivity index (χ0n) is 18.6. The molecule has 0 saturated carbocycles. The Labute approximate surface area is 203 Å². The standard InChI is InChI=1S/C26H18F2N2O6/c27-14-5-7-19(21(28)11-14)26(35)29-10-9-23(32)36-13-22(31)30-15-6-8-18-20(12-15)25(34)17-4-2-1-3-16(17)24(18)33/h1-8,11-12H,9-10,13H2,(H,29,35)(H,30,31). The third kappa shape index (κ3) is 5.17. The van der Waals surface area contributed by atoms with Crippen LogP contribution in [0.2, 0.25) is 0 Å². The number of ether oxygens (including phenoxy) is 1. The first-order valence-corrected chi connectivity index (χ1v) is 10.8. The van der Waals surface area contributed by atoms with Crippen LogP contribution in [0.4, 0.5) is 14.5 Å². The third-order valence-electron chi connectivity index (χ3n) is 5.36. The fourth-order valence-corrected chi connectivity index (χ4v) is 3.64. The maximum absolute atomic E-state index is 13.6. The van der Waals surface area contributed by atoms with Crippen LogP contribution in [0.25, 0.3) is 0 Å². The van der Waals surface area contributed by atoms with Crippen LogP contribution in [-0.2, 0) is 14.3 Å². The van der Waals surface area contributed by atoms with Crippen molar-refractivity contribution in [3.05, 3.63) is 100 Å².